The molecular weight excluding hydrogens is 192 g/mol. The van der Waals surface area contributed by atoms with E-state index in [-0.39, 0.29) is 0 Å². The number of alkyl halides is 1. The molecule has 1 atom stereocenters. The molecule has 0 bridgehead atoms. The molecule has 1 aliphatic rings. The van der Waals surface area contributed by atoms with Gasteiger partial charge in [0.2, 0.25) is 0 Å². The van der Waals surface area contributed by atoms with Crippen LogP contribution in [0.15, 0.2) is 24.0 Å². The molecule has 0 aliphatic heterocycles. The third kappa shape index (κ3) is 1.63. The lowest BCUT2D eigenvalue weighted by Crippen LogP contribution is -2.08. The van der Waals surface area contributed by atoms with E-state index in [1.165, 1.54) is 0 Å². The Bertz CT molecular complexity index is 161. The van der Waals surface area contributed by atoms with Gasteiger partial charge in [-0.05, 0) is 12.5 Å². The zero-order valence-electron chi connectivity index (χ0n) is 6.01. The molecule has 2 heteroatoms. The molecule has 1 nitrogen and oxygen atoms in total. The summed E-state index contributed by atoms with van der Waals surface area (Å²) in [6.45, 7) is 0. The lowest BCUT2D eigenvalue weighted by atomic mass is 10.0. The Morgan fingerprint density at radius 1 is 1.80 bits per heavy atom. The van der Waals surface area contributed by atoms with Crippen molar-refractivity contribution in [3.05, 3.63) is 24.0 Å². The van der Waals surface area contributed by atoms with Crippen LogP contribution in [0.25, 0.3) is 0 Å². The van der Waals surface area contributed by atoms with Crippen molar-refractivity contribution in [3.63, 3.8) is 0 Å². The molecular formula is C8H11BrO. The molecule has 0 radical (unpaired) electrons. The van der Waals surface area contributed by atoms with Crippen LogP contribution in [0.3, 0.4) is 0 Å². The minimum absolute atomic E-state index is 0.537. The Labute approximate surface area is 69.9 Å². The zero-order chi connectivity index (χ0) is 7.40. The molecule has 0 aromatic carbocycles. The number of hydrogen-bond donors (Lipinski definition) is 0. The van der Waals surface area contributed by atoms with Crippen molar-refractivity contribution in [1.82, 2.24) is 0 Å². The number of allylic oxidation sites excluding steroid dienone is 4. The molecule has 0 spiro atoms. The standard InChI is InChI=1S/C8H11BrO/c1-10-8-5-3-2-4-7(8)6-9/h2-3,5,7H,4,6H2,1H3. The Kier molecular flexibility index (Phi) is 3.00. The van der Waals surface area contributed by atoms with Crippen LogP contribution < -0.4 is 0 Å². The molecule has 0 fully saturated rings. The molecule has 0 saturated carbocycles. The van der Waals surface area contributed by atoms with E-state index in [1.54, 1.807) is 7.11 Å². The zero-order valence-corrected chi connectivity index (χ0v) is 7.60. The van der Waals surface area contributed by atoms with Gasteiger partial charge in [0.05, 0.1) is 12.9 Å². The van der Waals surface area contributed by atoms with E-state index in [2.05, 4.69) is 22.0 Å². The first-order valence-electron chi connectivity index (χ1n) is 3.35. The third-order valence-corrected chi connectivity index (χ3v) is 2.42. The van der Waals surface area contributed by atoms with Crippen LogP contribution in [-0.2, 0) is 4.74 Å². The maximum absolute atomic E-state index is 5.17. The predicted molar refractivity (Wildman–Crippen MR) is 46.1 cm³/mol. The van der Waals surface area contributed by atoms with E-state index in [1.807, 2.05) is 12.2 Å². The van der Waals surface area contributed by atoms with Crippen molar-refractivity contribution >= 4 is 15.9 Å². The topological polar surface area (TPSA) is 9.23 Å². The quantitative estimate of drug-likeness (QED) is 0.626. The second kappa shape index (κ2) is 3.81. The summed E-state index contributed by atoms with van der Waals surface area (Å²) in [5.41, 5.74) is 0. The number of rotatable bonds is 2. The third-order valence-electron chi connectivity index (χ3n) is 1.64. The first-order valence-corrected chi connectivity index (χ1v) is 4.47. The molecule has 1 aliphatic carbocycles. The average molecular weight is 203 g/mol. The van der Waals surface area contributed by atoms with E-state index in [4.69, 9.17) is 4.74 Å². The van der Waals surface area contributed by atoms with Gasteiger partial charge in [-0.25, -0.2) is 0 Å². The predicted octanol–water partition coefficient (Wildman–Crippen LogP) is 2.49. The fourth-order valence-electron chi connectivity index (χ4n) is 1.03. The van der Waals surface area contributed by atoms with Crippen LogP contribution in [-0.4, -0.2) is 12.4 Å². The van der Waals surface area contributed by atoms with Gasteiger partial charge in [0, 0.05) is 11.2 Å². The summed E-state index contributed by atoms with van der Waals surface area (Å²) in [5.74, 6) is 1.62. The fourth-order valence-corrected chi connectivity index (χ4v) is 1.62. The molecule has 0 amide bonds. The highest BCUT2D eigenvalue weighted by molar-refractivity contribution is 9.09. The monoisotopic (exact) mass is 202 g/mol. The van der Waals surface area contributed by atoms with Crippen molar-refractivity contribution in [2.75, 3.05) is 12.4 Å². The van der Waals surface area contributed by atoms with Crippen LogP contribution in [0.4, 0.5) is 0 Å². The summed E-state index contributed by atoms with van der Waals surface area (Å²) >= 11 is 3.44. The van der Waals surface area contributed by atoms with Crippen LogP contribution in [0.1, 0.15) is 6.42 Å². The summed E-state index contributed by atoms with van der Waals surface area (Å²) in [5, 5.41) is 0.983. The Morgan fingerprint density at radius 3 is 3.10 bits per heavy atom. The van der Waals surface area contributed by atoms with Gasteiger partial charge in [0.25, 0.3) is 0 Å². The highest BCUT2D eigenvalue weighted by Crippen LogP contribution is 2.22. The Balaban J connectivity index is 2.61. The molecule has 56 valence electrons. The van der Waals surface area contributed by atoms with Crippen molar-refractivity contribution < 1.29 is 4.74 Å². The van der Waals surface area contributed by atoms with Crippen molar-refractivity contribution in [3.8, 4) is 0 Å². The van der Waals surface area contributed by atoms with Crippen LogP contribution in [0, 0.1) is 5.92 Å². The minimum atomic E-state index is 0.537. The number of hydrogen-bond acceptors (Lipinski definition) is 1. The molecule has 0 aromatic heterocycles. The lowest BCUT2D eigenvalue weighted by molar-refractivity contribution is 0.248. The fraction of sp³-hybridized carbons (Fsp3) is 0.500. The SMILES string of the molecule is COC1=CC=CCC1CBr. The van der Waals surface area contributed by atoms with Gasteiger partial charge >= 0.3 is 0 Å². The van der Waals surface area contributed by atoms with Crippen molar-refractivity contribution in [2.24, 2.45) is 5.92 Å². The summed E-state index contributed by atoms with van der Waals surface area (Å²) < 4.78 is 5.17. The van der Waals surface area contributed by atoms with E-state index in [0.29, 0.717) is 5.92 Å². The molecule has 1 unspecified atom stereocenters. The molecule has 1 rings (SSSR count). The summed E-state index contributed by atoms with van der Waals surface area (Å²) in [4.78, 5) is 0. The van der Waals surface area contributed by atoms with E-state index in [9.17, 15) is 0 Å². The average Bonchev–Trinajstić information content (AvgIpc) is 2.04. The molecule has 0 N–H and O–H groups in total. The van der Waals surface area contributed by atoms with Gasteiger partial charge in [-0.15, -0.1) is 0 Å². The largest absolute Gasteiger partial charge is 0.501 e. The first-order chi connectivity index (χ1) is 4.88. The van der Waals surface area contributed by atoms with E-state index in [0.717, 1.165) is 17.5 Å². The van der Waals surface area contributed by atoms with Crippen molar-refractivity contribution in [1.29, 1.82) is 0 Å². The second-order valence-electron chi connectivity index (χ2n) is 2.29. The number of halogens is 1. The van der Waals surface area contributed by atoms with E-state index < -0.39 is 0 Å². The maximum atomic E-state index is 5.17. The van der Waals surface area contributed by atoms with E-state index >= 15 is 0 Å². The minimum Gasteiger partial charge on any atom is -0.501 e. The van der Waals surface area contributed by atoms with Gasteiger partial charge in [-0.3, -0.25) is 0 Å². The van der Waals surface area contributed by atoms with Gasteiger partial charge in [0.15, 0.2) is 0 Å². The van der Waals surface area contributed by atoms with Crippen LogP contribution in [0.5, 0.6) is 0 Å². The smallest absolute Gasteiger partial charge is 0.0997 e. The normalized spacial score (nSPS) is 24.2. The van der Waals surface area contributed by atoms with Gasteiger partial charge < -0.3 is 4.74 Å². The van der Waals surface area contributed by atoms with Gasteiger partial charge in [0.1, 0.15) is 0 Å². The first kappa shape index (κ1) is 7.86. The van der Waals surface area contributed by atoms with Crippen LogP contribution in [0.2, 0.25) is 0 Å². The van der Waals surface area contributed by atoms with Gasteiger partial charge in [-0.1, -0.05) is 28.1 Å². The highest BCUT2D eigenvalue weighted by Gasteiger charge is 2.13. The molecule has 0 heterocycles. The molecule has 0 aromatic rings. The van der Waals surface area contributed by atoms with Gasteiger partial charge in [-0.2, -0.15) is 0 Å². The maximum Gasteiger partial charge on any atom is 0.0997 e. The summed E-state index contributed by atoms with van der Waals surface area (Å²) in [6.07, 6.45) is 7.31. The number of ether oxygens (including phenoxy) is 1. The van der Waals surface area contributed by atoms with Crippen LogP contribution >= 0.6 is 15.9 Å². The molecule has 10 heavy (non-hydrogen) atoms. The number of methoxy groups -OCH3 is 1. The lowest BCUT2D eigenvalue weighted by Gasteiger charge is -2.17. The van der Waals surface area contributed by atoms with Crippen molar-refractivity contribution in [2.45, 2.75) is 6.42 Å². The highest BCUT2D eigenvalue weighted by atomic mass is 79.9. The summed E-state index contributed by atoms with van der Waals surface area (Å²) in [7, 11) is 1.72. The second-order valence-corrected chi connectivity index (χ2v) is 2.94. The Morgan fingerprint density at radius 2 is 2.60 bits per heavy atom. The summed E-state index contributed by atoms with van der Waals surface area (Å²) in [6, 6.07) is 0. The molecule has 0 saturated heterocycles. The Hall–Kier alpha value is -0.240.